The number of rotatable bonds is 0. The lowest BCUT2D eigenvalue weighted by Crippen LogP contribution is -2.33. The van der Waals surface area contributed by atoms with Gasteiger partial charge in [0.25, 0.3) is 5.91 Å². The average molecular weight is 129 g/mol. The lowest BCUT2D eigenvalue weighted by molar-refractivity contribution is -0.129. The predicted octanol–water partition coefficient (Wildman–Crippen LogP) is -0.114. The van der Waals surface area contributed by atoms with E-state index in [2.05, 4.69) is 0 Å². The molecule has 0 fully saturated rings. The molecule has 0 aliphatic carbocycles. The van der Waals surface area contributed by atoms with Crippen LogP contribution in [0.4, 0.5) is 4.39 Å². The van der Waals surface area contributed by atoms with Crippen molar-refractivity contribution in [2.45, 2.75) is 6.42 Å². The monoisotopic (exact) mass is 129 g/mol. The van der Waals surface area contributed by atoms with Crippen LogP contribution >= 0.6 is 0 Å². The molecule has 3 nitrogen and oxygen atoms in total. The fourth-order valence-electron chi connectivity index (χ4n) is 0.512. The molecule has 0 aromatic heterocycles. The molecule has 1 N–H and O–H groups in total. The van der Waals surface area contributed by atoms with Crippen LogP contribution in [-0.2, 0) is 9.59 Å². The maximum absolute atomic E-state index is 12.0. The third kappa shape index (κ3) is 1.13. The lowest BCUT2D eigenvalue weighted by Gasteiger charge is -2.04. The van der Waals surface area contributed by atoms with Gasteiger partial charge < -0.3 is 0 Å². The highest BCUT2D eigenvalue weighted by Crippen LogP contribution is 2.03. The second-order valence-corrected chi connectivity index (χ2v) is 1.63. The molecular formula is C5H4FNO2. The number of halogens is 1. The summed E-state index contributed by atoms with van der Waals surface area (Å²) < 4.78 is 12.0. The molecule has 1 heterocycles. The summed E-state index contributed by atoms with van der Waals surface area (Å²) in [7, 11) is 0. The molecule has 9 heavy (non-hydrogen) atoms. The zero-order chi connectivity index (χ0) is 6.85. The number of carbonyl (C=O) groups is 2. The second-order valence-electron chi connectivity index (χ2n) is 1.63. The van der Waals surface area contributed by atoms with E-state index in [4.69, 9.17) is 0 Å². The minimum absolute atomic E-state index is 0.0441. The molecule has 1 aliphatic rings. The molecule has 0 aromatic rings. The molecule has 0 radical (unpaired) electrons. The third-order valence-corrected chi connectivity index (χ3v) is 0.937. The van der Waals surface area contributed by atoms with Crippen LogP contribution in [0, 0.1) is 0 Å². The molecule has 0 aromatic carbocycles. The van der Waals surface area contributed by atoms with Crippen molar-refractivity contribution in [1.29, 1.82) is 0 Å². The van der Waals surface area contributed by atoms with Gasteiger partial charge in [-0.1, -0.05) is 0 Å². The van der Waals surface area contributed by atoms with Crippen LogP contribution in [0.5, 0.6) is 0 Å². The average Bonchev–Trinajstić information content (AvgIpc) is 1.80. The summed E-state index contributed by atoms with van der Waals surface area (Å²) in [4.78, 5) is 20.5. The molecule has 1 rings (SSSR count). The molecule has 48 valence electrons. The van der Waals surface area contributed by atoms with Gasteiger partial charge in [-0.2, -0.15) is 0 Å². The Bertz CT molecular complexity index is 197. The number of hydrogen-bond donors (Lipinski definition) is 1. The van der Waals surface area contributed by atoms with E-state index in [0.29, 0.717) is 0 Å². The summed E-state index contributed by atoms with van der Waals surface area (Å²) in [6.45, 7) is 0. The van der Waals surface area contributed by atoms with Crippen molar-refractivity contribution in [2.75, 3.05) is 0 Å². The van der Waals surface area contributed by atoms with Crippen LogP contribution < -0.4 is 5.32 Å². The summed E-state index contributed by atoms with van der Waals surface area (Å²) in [5.41, 5.74) is 0. The van der Waals surface area contributed by atoms with Gasteiger partial charge >= 0.3 is 0 Å². The highest BCUT2D eigenvalue weighted by atomic mass is 19.1. The number of nitrogens with one attached hydrogen (secondary N) is 1. The Balaban J connectivity index is 2.79. The Kier molecular flexibility index (Phi) is 1.30. The molecule has 0 saturated carbocycles. The quantitative estimate of drug-likeness (QED) is 0.464. The fourth-order valence-corrected chi connectivity index (χ4v) is 0.512. The Labute approximate surface area is 50.5 Å². The zero-order valence-electron chi connectivity index (χ0n) is 4.48. The number of amides is 2. The lowest BCUT2D eigenvalue weighted by atomic mass is 10.2. The van der Waals surface area contributed by atoms with E-state index >= 15 is 0 Å². The smallest absolute Gasteiger partial charge is 0.286 e. The van der Waals surface area contributed by atoms with Crippen molar-refractivity contribution in [1.82, 2.24) is 5.32 Å². The van der Waals surface area contributed by atoms with Crippen molar-refractivity contribution < 1.29 is 14.0 Å². The Hall–Kier alpha value is -1.19. The van der Waals surface area contributed by atoms with Gasteiger partial charge in [-0.05, 0) is 6.08 Å². The maximum atomic E-state index is 12.0. The summed E-state index contributed by atoms with van der Waals surface area (Å²) in [6, 6.07) is 0. The van der Waals surface area contributed by atoms with E-state index in [0.717, 1.165) is 6.08 Å². The van der Waals surface area contributed by atoms with Crippen LogP contribution in [0.2, 0.25) is 0 Å². The van der Waals surface area contributed by atoms with Crippen LogP contribution in [-0.4, -0.2) is 11.8 Å². The van der Waals surface area contributed by atoms with E-state index in [1.165, 1.54) is 0 Å². The third-order valence-electron chi connectivity index (χ3n) is 0.937. The maximum Gasteiger partial charge on any atom is 0.286 e. The summed E-state index contributed by atoms with van der Waals surface area (Å²) in [5.74, 6) is -2.28. The van der Waals surface area contributed by atoms with Gasteiger partial charge in [0.15, 0.2) is 5.83 Å². The predicted molar refractivity (Wildman–Crippen MR) is 27.0 cm³/mol. The minimum atomic E-state index is -0.939. The summed E-state index contributed by atoms with van der Waals surface area (Å²) in [5, 5.41) is 1.81. The van der Waals surface area contributed by atoms with Gasteiger partial charge in [0.05, 0.1) is 0 Å². The van der Waals surface area contributed by atoms with Gasteiger partial charge in [0.1, 0.15) is 0 Å². The van der Waals surface area contributed by atoms with Gasteiger partial charge in [-0.15, -0.1) is 0 Å². The van der Waals surface area contributed by atoms with Gasteiger partial charge in [-0.3, -0.25) is 14.9 Å². The Morgan fingerprint density at radius 1 is 1.56 bits per heavy atom. The molecule has 2 amide bonds. The first-order chi connectivity index (χ1) is 4.20. The molecular weight excluding hydrogens is 125 g/mol. The molecule has 0 unspecified atom stereocenters. The number of carbonyl (C=O) groups excluding carboxylic acids is 2. The minimum Gasteiger partial charge on any atom is -0.290 e. The largest absolute Gasteiger partial charge is 0.290 e. The topological polar surface area (TPSA) is 46.2 Å². The van der Waals surface area contributed by atoms with E-state index in [1.807, 2.05) is 5.32 Å². The Morgan fingerprint density at radius 3 is 2.67 bits per heavy atom. The van der Waals surface area contributed by atoms with Crippen LogP contribution in [0.3, 0.4) is 0 Å². The fraction of sp³-hybridized carbons (Fsp3) is 0.200. The molecule has 0 atom stereocenters. The van der Waals surface area contributed by atoms with E-state index < -0.39 is 17.6 Å². The molecule has 1 aliphatic heterocycles. The normalized spacial score (nSPS) is 19.0. The van der Waals surface area contributed by atoms with Gasteiger partial charge in [0.2, 0.25) is 5.91 Å². The SMILES string of the molecule is O=C1CC=C(F)C(=O)N1. The highest BCUT2D eigenvalue weighted by Gasteiger charge is 2.16. The second kappa shape index (κ2) is 1.97. The first kappa shape index (κ1) is 5.94. The van der Waals surface area contributed by atoms with Crippen LogP contribution in [0.15, 0.2) is 11.9 Å². The van der Waals surface area contributed by atoms with Gasteiger partial charge in [-0.25, -0.2) is 4.39 Å². The van der Waals surface area contributed by atoms with Gasteiger partial charge in [0, 0.05) is 6.42 Å². The summed E-state index contributed by atoms with van der Waals surface area (Å²) in [6.07, 6.45) is 0.915. The molecule has 0 bridgehead atoms. The first-order valence-electron chi connectivity index (χ1n) is 2.40. The van der Waals surface area contributed by atoms with E-state index in [9.17, 15) is 14.0 Å². The number of imide groups is 1. The zero-order valence-corrected chi connectivity index (χ0v) is 4.48. The highest BCUT2D eigenvalue weighted by molar-refractivity contribution is 6.06. The summed E-state index contributed by atoms with van der Waals surface area (Å²) >= 11 is 0. The van der Waals surface area contributed by atoms with Crippen molar-refractivity contribution in [2.24, 2.45) is 0 Å². The molecule has 4 heteroatoms. The van der Waals surface area contributed by atoms with Crippen molar-refractivity contribution in [3.05, 3.63) is 11.9 Å². The van der Waals surface area contributed by atoms with Crippen LogP contribution in [0.25, 0.3) is 0 Å². The van der Waals surface area contributed by atoms with E-state index in [1.54, 1.807) is 0 Å². The van der Waals surface area contributed by atoms with Crippen molar-refractivity contribution >= 4 is 11.8 Å². The van der Waals surface area contributed by atoms with Crippen molar-refractivity contribution in [3.63, 3.8) is 0 Å². The standard InChI is InChI=1S/C5H4FNO2/c6-3-1-2-4(8)7-5(3)9/h1H,2H2,(H,7,8,9). The van der Waals surface area contributed by atoms with Crippen LogP contribution in [0.1, 0.15) is 6.42 Å². The molecule has 0 saturated heterocycles. The van der Waals surface area contributed by atoms with Crippen molar-refractivity contribution in [3.8, 4) is 0 Å². The van der Waals surface area contributed by atoms with E-state index in [-0.39, 0.29) is 6.42 Å². The Morgan fingerprint density at radius 2 is 2.22 bits per heavy atom. The number of hydrogen-bond acceptors (Lipinski definition) is 2. The first-order valence-corrected chi connectivity index (χ1v) is 2.40. The molecule has 0 spiro atoms.